The Morgan fingerprint density at radius 3 is 2.82 bits per heavy atom. The highest BCUT2D eigenvalue weighted by molar-refractivity contribution is 6.07. The zero-order chi connectivity index (χ0) is 23.1. The molecule has 7 nitrogen and oxygen atoms in total. The number of nitrogens with zero attached hydrogens (tertiary/aromatic N) is 3. The molecule has 1 unspecified atom stereocenters. The lowest BCUT2D eigenvalue weighted by Crippen LogP contribution is -2.35. The number of pyridine rings is 2. The summed E-state index contributed by atoms with van der Waals surface area (Å²) in [6.45, 7) is 1.35. The van der Waals surface area contributed by atoms with Crippen molar-refractivity contribution in [3.05, 3.63) is 76.5 Å². The minimum absolute atomic E-state index is 0.0810. The lowest BCUT2D eigenvalue weighted by Gasteiger charge is -2.28. The second-order valence-corrected chi connectivity index (χ2v) is 8.36. The minimum Gasteiger partial charge on any atom is -0.477 e. The summed E-state index contributed by atoms with van der Waals surface area (Å²) in [6.07, 6.45) is 4.61. The van der Waals surface area contributed by atoms with E-state index in [4.69, 9.17) is 0 Å². The number of halogens is 1. The van der Waals surface area contributed by atoms with Gasteiger partial charge in [0, 0.05) is 49.5 Å². The molecular weight excluding hydrogens is 423 g/mol. The van der Waals surface area contributed by atoms with Gasteiger partial charge in [-0.3, -0.25) is 9.78 Å². The van der Waals surface area contributed by atoms with Crippen molar-refractivity contribution in [2.24, 2.45) is 7.05 Å². The van der Waals surface area contributed by atoms with E-state index < -0.39 is 17.2 Å². The highest BCUT2D eigenvalue weighted by atomic mass is 19.1. The van der Waals surface area contributed by atoms with Crippen LogP contribution in [0.25, 0.3) is 21.8 Å². The molecule has 0 bridgehead atoms. The van der Waals surface area contributed by atoms with Gasteiger partial charge in [-0.25, -0.2) is 9.18 Å². The molecule has 0 spiro atoms. The molecule has 1 saturated heterocycles. The van der Waals surface area contributed by atoms with E-state index in [9.17, 15) is 14.7 Å². The molecule has 2 aromatic heterocycles. The lowest BCUT2D eigenvalue weighted by molar-refractivity contribution is 0.0695. The van der Waals surface area contributed by atoms with Gasteiger partial charge in [-0.15, -0.1) is 0 Å². The predicted molar refractivity (Wildman–Crippen MR) is 127 cm³/mol. The lowest BCUT2D eigenvalue weighted by atomic mass is 10.1. The molecule has 33 heavy (non-hydrogen) atoms. The van der Waals surface area contributed by atoms with Crippen molar-refractivity contribution < 1.29 is 14.3 Å². The van der Waals surface area contributed by atoms with Gasteiger partial charge in [-0.05, 0) is 31.0 Å². The van der Waals surface area contributed by atoms with Crippen LogP contribution in [0.2, 0.25) is 0 Å². The fraction of sp³-hybridized carbons (Fsp3) is 0.240. The first-order chi connectivity index (χ1) is 15.9. The highest BCUT2D eigenvalue weighted by Gasteiger charge is 2.27. The molecule has 2 N–H and O–H groups in total. The number of rotatable bonds is 5. The number of fused-ring (bicyclic) bond motifs is 3. The summed E-state index contributed by atoms with van der Waals surface area (Å²) >= 11 is 0. The molecule has 4 aromatic rings. The Hall–Kier alpha value is -3.94. The molecular formula is C25H23FN4O3. The summed E-state index contributed by atoms with van der Waals surface area (Å²) in [4.78, 5) is 31.0. The van der Waals surface area contributed by atoms with Crippen LogP contribution in [0.15, 0.2) is 59.7 Å². The monoisotopic (exact) mass is 446 g/mol. The molecule has 0 radical (unpaired) electrons. The van der Waals surface area contributed by atoms with Crippen LogP contribution in [0.5, 0.6) is 0 Å². The van der Waals surface area contributed by atoms with Gasteiger partial charge in [-0.2, -0.15) is 0 Å². The Balaban J connectivity index is 1.61. The van der Waals surface area contributed by atoms with E-state index in [-0.39, 0.29) is 17.0 Å². The first-order valence-electron chi connectivity index (χ1n) is 10.8. The average Bonchev–Trinajstić information content (AvgIpc) is 3.27. The Labute approximate surface area is 189 Å². The number of aromatic nitrogens is 2. The maximum Gasteiger partial charge on any atom is 0.341 e. The van der Waals surface area contributed by atoms with Crippen molar-refractivity contribution in [1.29, 1.82) is 0 Å². The summed E-state index contributed by atoms with van der Waals surface area (Å²) in [5.74, 6) is -1.71. The number of carbonyl (C=O) groups is 1. The third-order valence-corrected chi connectivity index (χ3v) is 6.32. The van der Waals surface area contributed by atoms with Crippen molar-refractivity contribution in [2.75, 3.05) is 23.3 Å². The van der Waals surface area contributed by atoms with Gasteiger partial charge in [0.05, 0.1) is 28.3 Å². The molecule has 2 aromatic carbocycles. The quantitative estimate of drug-likeness (QED) is 0.451. The van der Waals surface area contributed by atoms with Crippen LogP contribution in [0, 0.1) is 5.82 Å². The zero-order valence-corrected chi connectivity index (χ0v) is 18.1. The second-order valence-electron chi connectivity index (χ2n) is 8.36. The van der Waals surface area contributed by atoms with Gasteiger partial charge >= 0.3 is 5.97 Å². The number of anilines is 2. The Kier molecular flexibility index (Phi) is 5.20. The van der Waals surface area contributed by atoms with Crippen molar-refractivity contribution in [3.8, 4) is 0 Å². The van der Waals surface area contributed by atoms with Crippen molar-refractivity contribution >= 4 is 39.1 Å². The number of aromatic carboxylic acids is 1. The van der Waals surface area contributed by atoms with Gasteiger partial charge in [0.15, 0.2) is 0 Å². The molecule has 1 fully saturated rings. The molecule has 3 heterocycles. The van der Waals surface area contributed by atoms with Crippen LogP contribution in [0.3, 0.4) is 0 Å². The van der Waals surface area contributed by atoms with Crippen molar-refractivity contribution in [3.63, 3.8) is 0 Å². The van der Waals surface area contributed by atoms with Crippen LogP contribution in [-0.4, -0.2) is 39.8 Å². The zero-order valence-electron chi connectivity index (χ0n) is 18.1. The molecule has 0 aliphatic carbocycles. The van der Waals surface area contributed by atoms with E-state index in [1.165, 1.54) is 18.5 Å². The third kappa shape index (κ3) is 3.67. The number of para-hydroxylation sites is 1. The molecule has 0 saturated carbocycles. The van der Waals surface area contributed by atoms with E-state index in [1.54, 1.807) is 17.7 Å². The van der Waals surface area contributed by atoms with Crippen molar-refractivity contribution in [1.82, 2.24) is 9.55 Å². The van der Waals surface area contributed by atoms with Crippen LogP contribution < -0.4 is 15.6 Å². The number of hydrogen-bond acceptors (Lipinski definition) is 5. The SMILES string of the molecule is Cn1cc(C(=O)O)c(=O)c2c3cc(N4CCCC4CNc4ccccc4)c(F)cc3ncc21. The molecule has 1 atom stereocenters. The van der Waals surface area contributed by atoms with Crippen LogP contribution in [-0.2, 0) is 7.05 Å². The fourth-order valence-corrected chi connectivity index (χ4v) is 4.68. The molecule has 168 valence electrons. The molecule has 1 aliphatic heterocycles. The second kappa shape index (κ2) is 8.20. The Bertz CT molecular complexity index is 1440. The Morgan fingerprint density at radius 2 is 2.06 bits per heavy atom. The minimum atomic E-state index is -1.30. The van der Waals surface area contributed by atoms with Gasteiger partial charge in [-0.1, -0.05) is 18.2 Å². The van der Waals surface area contributed by atoms with Gasteiger partial charge in [0.2, 0.25) is 5.43 Å². The van der Waals surface area contributed by atoms with E-state index >= 15 is 4.39 Å². The molecule has 1 aliphatic rings. The predicted octanol–water partition coefficient (Wildman–Crippen LogP) is 4.00. The van der Waals surface area contributed by atoms with Gasteiger partial charge in [0.25, 0.3) is 0 Å². The normalized spacial score (nSPS) is 15.9. The maximum atomic E-state index is 15.2. The number of nitrogens with one attached hydrogen (secondary N) is 1. The van der Waals surface area contributed by atoms with Gasteiger partial charge in [0.1, 0.15) is 11.4 Å². The number of aryl methyl sites for hydroxylation is 1. The van der Waals surface area contributed by atoms with Gasteiger partial charge < -0.3 is 19.9 Å². The third-order valence-electron chi connectivity index (χ3n) is 6.32. The first kappa shape index (κ1) is 20.9. The Morgan fingerprint density at radius 1 is 1.27 bits per heavy atom. The van der Waals surface area contributed by atoms with Crippen LogP contribution in [0.1, 0.15) is 23.2 Å². The number of benzene rings is 2. The smallest absolute Gasteiger partial charge is 0.341 e. The average molecular weight is 446 g/mol. The largest absolute Gasteiger partial charge is 0.477 e. The van der Waals surface area contributed by atoms with E-state index in [1.807, 2.05) is 35.2 Å². The van der Waals surface area contributed by atoms with E-state index in [0.29, 0.717) is 35.2 Å². The first-order valence-corrected chi connectivity index (χ1v) is 10.8. The maximum absolute atomic E-state index is 15.2. The fourth-order valence-electron chi connectivity index (χ4n) is 4.68. The highest BCUT2D eigenvalue weighted by Crippen LogP contribution is 2.33. The standard InChI is InChI=1S/C25H23FN4O3/c1-29-14-18(25(32)33)24(31)23-17-10-21(19(26)11-20(17)28-13-22(23)29)30-9-5-8-16(30)12-27-15-6-3-2-4-7-15/h2-4,6-7,10-11,13-14,16,27H,5,8-9,12H2,1H3,(H,32,33). The number of hydrogen-bond donors (Lipinski definition) is 2. The summed E-state index contributed by atoms with van der Waals surface area (Å²) in [5, 5.41) is 13.6. The summed E-state index contributed by atoms with van der Waals surface area (Å²) < 4.78 is 16.8. The van der Waals surface area contributed by atoms with Crippen LogP contribution in [0.4, 0.5) is 15.8 Å². The summed E-state index contributed by atoms with van der Waals surface area (Å²) in [7, 11) is 1.66. The summed E-state index contributed by atoms with van der Waals surface area (Å²) in [5.41, 5.74) is 1.30. The molecule has 0 amide bonds. The van der Waals surface area contributed by atoms with E-state index in [0.717, 1.165) is 18.5 Å². The number of carboxylic acid groups (broad SMARTS) is 1. The summed E-state index contributed by atoms with van der Waals surface area (Å²) in [6, 6.07) is 12.9. The molecule has 8 heteroatoms. The van der Waals surface area contributed by atoms with Crippen LogP contribution >= 0.6 is 0 Å². The van der Waals surface area contributed by atoms with Crippen molar-refractivity contribution in [2.45, 2.75) is 18.9 Å². The number of carboxylic acids is 1. The molecule has 5 rings (SSSR count). The topological polar surface area (TPSA) is 87.5 Å². The van der Waals surface area contributed by atoms with E-state index in [2.05, 4.69) is 10.3 Å².